The number of hydrogen-bond donors (Lipinski definition) is 2. The number of carbonyl (C=O) groups is 2. The molecule has 1 aromatic carbocycles. The number of rotatable bonds is 5. The van der Waals surface area contributed by atoms with Crippen LogP contribution in [0.1, 0.15) is 63.5 Å². The number of benzene rings is 1. The van der Waals surface area contributed by atoms with Gasteiger partial charge in [-0.1, -0.05) is 55.5 Å². The first-order chi connectivity index (χ1) is 11.4. The molecule has 0 spiro atoms. The molecular formula is C20H30N2O2. The Kier molecular flexibility index (Phi) is 6.41. The molecule has 132 valence electrons. The highest BCUT2D eigenvalue weighted by atomic mass is 16.2. The van der Waals surface area contributed by atoms with Crippen molar-refractivity contribution in [1.29, 1.82) is 0 Å². The van der Waals surface area contributed by atoms with E-state index in [2.05, 4.69) is 10.6 Å². The molecule has 0 unspecified atom stereocenters. The Morgan fingerprint density at radius 3 is 2.17 bits per heavy atom. The van der Waals surface area contributed by atoms with E-state index < -0.39 is 5.41 Å². The van der Waals surface area contributed by atoms with Crippen LogP contribution in [0.5, 0.6) is 0 Å². The quantitative estimate of drug-likeness (QED) is 0.641. The van der Waals surface area contributed by atoms with Crippen LogP contribution in [0.15, 0.2) is 24.3 Å². The standard InChI is InChI=1S/C20H30N2O2/c1-15-10-12-16(13-11-15)14-21-18(23)20(2,3)19(24)22-17-8-6-4-5-7-9-17/h10-13,17H,4-9,14H2,1-3H3,(H,21,23)(H,22,24). The van der Waals surface area contributed by atoms with E-state index >= 15 is 0 Å². The van der Waals surface area contributed by atoms with E-state index in [4.69, 9.17) is 0 Å². The zero-order valence-corrected chi connectivity index (χ0v) is 15.2. The minimum Gasteiger partial charge on any atom is -0.352 e. The molecule has 1 saturated carbocycles. The summed E-state index contributed by atoms with van der Waals surface area (Å²) in [5.74, 6) is -0.398. The van der Waals surface area contributed by atoms with Gasteiger partial charge in [0, 0.05) is 12.6 Å². The van der Waals surface area contributed by atoms with Crippen LogP contribution in [0.25, 0.3) is 0 Å². The molecule has 0 aliphatic heterocycles. The summed E-state index contributed by atoms with van der Waals surface area (Å²) in [6, 6.07) is 8.24. The van der Waals surface area contributed by atoms with E-state index in [-0.39, 0.29) is 17.9 Å². The van der Waals surface area contributed by atoms with Crippen LogP contribution in [0.2, 0.25) is 0 Å². The summed E-state index contributed by atoms with van der Waals surface area (Å²) in [5, 5.41) is 5.98. The van der Waals surface area contributed by atoms with Gasteiger partial charge in [-0.25, -0.2) is 0 Å². The topological polar surface area (TPSA) is 58.2 Å². The zero-order chi connectivity index (χ0) is 17.6. The number of hydrogen-bond acceptors (Lipinski definition) is 2. The van der Waals surface area contributed by atoms with Gasteiger partial charge in [-0.05, 0) is 39.2 Å². The van der Waals surface area contributed by atoms with Crippen LogP contribution in [0, 0.1) is 12.3 Å². The highest BCUT2D eigenvalue weighted by Crippen LogP contribution is 2.21. The molecule has 2 rings (SSSR count). The fourth-order valence-corrected chi connectivity index (χ4v) is 3.00. The van der Waals surface area contributed by atoms with Gasteiger partial charge in [0.1, 0.15) is 5.41 Å². The minimum atomic E-state index is -1.06. The lowest BCUT2D eigenvalue weighted by Crippen LogP contribution is -2.50. The van der Waals surface area contributed by atoms with Gasteiger partial charge in [0.2, 0.25) is 11.8 Å². The first kappa shape index (κ1) is 18.5. The highest BCUT2D eigenvalue weighted by Gasteiger charge is 2.36. The Labute approximate surface area is 145 Å². The normalized spacial score (nSPS) is 16.3. The van der Waals surface area contributed by atoms with Gasteiger partial charge < -0.3 is 10.6 Å². The summed E-state index contributed by atoms with van der Waals surface area (Å²) < 4.78 is 0. The Hall–Kier alpha value is -1.84. The molecule has 2 N–H and O–H groups in total. The van der Waals surface area contributed by atoms with Crippen LogP contribution in [-0.4, -0.2) is 17.9 Å². The lowest BCUT2D eigenvalue weighted by Gasteiger charge is -2.26. The molecule has 4 nitrogen and oxygen atoms in total. The van der Waals surface area contributed by atoms with Gasteiger partial charge in [-0.15, -0.1) is 0 Å². The minimum absolute atomic E-state index is 0.171. The van der Waals surface area contributed by atoms with Gasteiger partial charge in [-0.2, -0.15) is 0 Å². The molecule has 0 atom stereocenters. The summed E-state index contributed by atoms with van der Waals surface area (Å²) >= 11 is 0. The molecule has 1 aromatic rings. The first-order valence-corrected chi connectivity index (χ1v) is 9.04. The fraction of sp³-hybridized carbons (Fsp3) is 0.600. The average molecular weight is 330 g/mol. The predicted molar refractivity (Wildman–Crippen MR) is 96.4 cm³/mol. The molecule has 0 heterocycles. The summed E-state index contributed by atoms with van der Waals surface area (Å²) in [5.41, 5.74) is 1.17. The van der Waals surface area contributed by atoms with Crippen LogP contribution in [0.4, 0.5) is 0 Å². The highest BCUT2D eigenvalue weighted by molar-refractivity contribution is 6.04. The third-order valence-electron chi connectivity index (χ3n) is 4.90. The lowest BCUT2D eigenvalue weighted by molar-refractivity contribution is -0.141. The van der Waals surface area contributed by atoms with Crippen molar-refractivity contribution in [1.82, 2.24) is 10.6 Å². The maximum atomic E-state index is 12.6. The second kappa shape index (κ2) is 8.32. The largest absolute Gasteiger partial charge is 0.352 e. The first-order valence-electron chi connectivity index (χ1n) is 9.04. The second-order valence-corrected chi connectivity index (χ2v) is 7.46. The molecule has 0 saturated heterocycles. The number of aryl methyl sites for hydroxylation is 1. The Balaban J connectivity index is 1.88. The maximum Gasteiger partial charge on any atom is 0.235 e. The Morgan fingerprint density at radius 1 is 1.00 bits per heavy atom. The van der Waals surface area contributed by atoms with Crippen LogP contribution in [0.3, 0.4) is 0 Å². The maximum absolute atomic E-state index is 12.6. The van der Waals surface area contributed by atoms with Crippen LogP contribution >= 0.6 is 0 Å². The number of nitrogens with one attached hydrogen (secondary N) is 2. The second-order valence-electron chi connectivity index (χ2n) is 7.46. The van der Waals surface area contributed by atoms with E-state index in [0.29, 0.717) is 6.54 Å². The number of amides is 2. The summed E-state index contributed by atoms with van der Waals surface area (Å²) in [4.78, 5) is 25.1. The van der Waals surface area contributed by atoms with Crippen molar-refractivity contribution in [3.05, 3.63) is 35.4 Å². The smallest absolute Gasteiger partial charge is 0.235 e. The molecule has 0 aromatic heterocycles. The monoisotopic (exact) mass is 330 g/mol. The SMILES string of the molecule is Cc1ccc(CNC(=O)C(C)(C)C(=O)NC2CCCCCC2)cc1. The molecule has 1 aliphatic carbocycles. The van der Waals surface area contributed by atoms with Crippen molar-refractivity contribution in [2.45, 2.75) is 71.9 Å². The summed E-state index contributed by atoms with van der Waals surface area (Å²) in [7, 11) is 0. The average Bonchev–Trinajstić information content (AvgIpc) is 2.82. The fourth-order valence-electron chi connectivity index (χ4n) is 3.00. The lowest BCUT2D eigenvalue weighted by atomic mass is 9.90. The van der Waals surface area contributed by atoms with Crippen molar-refractivity contribution in [3.63, 3.8) is 0 Å². The third kappa shape index (κ3) is 5.08. The van der Waals surface area contributed by atoms with Crippen LogP contribution in [-0.2, 0) is 16.1 Å². The molecule has 1 aliphatic rings. The van der Waals surface area contributed by atoms with Crippen molar-refractivity contribution in [2.75, 3.05) is 0 Å². The van der Waals surface area contributed by atoms with Crippen molar-refractivity contribution < 1.29 is 9.59 Å². The van der Waals surface area contributed by atoms with E-state index in [0.717, 1.165) is 31.2 Å². The van der Waals surface area contributed by atoms with Crippen molar-refractivity contribution in [3.8, 4) is 0 Å². The molecule has 2 amide bonds. The van der Waals surface area contributed by atoms with Crippen molar-refractivity contribution >= 4 is 11.8 Å². The predicted octanol–water partition coefficient (Wildman–Crippen LogP) is 3.48. The van der Waals surface area contributed by atoms with E-state index in [1.807, 2.05) is 31.2 Å². The number of carbonyl (C=O) groups excluding carboxylic acids is 2. The molecule has 1 fully saturated rings. The molecule has 4 heteroatoms. The van der Waals surface area contributed by atoms with Gasteiger partial charge >= 0.3 is 0 Å². The molecule has 24 heavy (non-hydrogen) atoms. The van der Waals surface area contributed by atoms with Crippen molar-refractivity contribution in [2.24, 2.45) is 5.41 Å². The Morgan fingerprint density at radius 2 is 1.58 bits per heavy atom. The van der Waals surface area contributed by atoms with E-state index in [1.165, 1.54) is 18.4 Å². The molecule has 0 bridgehead atoms. The van der Waals surface area contributed by atoms with Gasteiger partial charge in [0.25, 0.3) is 0 Å². The van der Waals surface area contributed by atoms with Gasteiger partial charge in [-0.3, -0.25) is 9.59 Å². The Bertz CT molecular complexity index is 556. The zero-order valence-electron chi connectivity index (χ0n) is 15.2. The third-order valence-corrected chi connectivity index (χ3v) is 4.90. The van der Waals surface area contributed by atoms with Crippen LogP contribution < -0.4 is 10.6 Å². The van der Waals surface area contributed by atoms with Gasteiger partial charge in [0.15, 0.2) is 0 Å². The summed E-state index contributed by atoms with van der Waals surface area (Å²) in [6.07, 6.45) is 6.84. The summed E-state index contributed by atoms with van der Waals surface area (Å²) in [6.45, 7) is 5.87. The molecule has 0 radical (unpaired) electrons. The van der Waals surface area contributed by atoms with E-state index in [1.54, 1.807) is 13.8 Å². The molecular weight excluding hydrogens is 300 g/mol. The van der Waals surface area contributed by atoms with Gasteiger partial charge in [0.05, 0.1) is 0 Å². The van der Waals surface area contributed by atoms with E-state index in [9.17, 15) is 9.59 Å².